The van der Waals surface area contributed by atoms with Gasteiger partial charge in [0.1, 0.15) is 0 Å². The van der Waals surface area contributed by atoms with Crippen molar-refractivity contribution >= 4 is 6.98 Å². The van der Waals surface area contributed by atoms with Crippen molar-refractivity contribution in [2.45, 2.75) is 20.8 Å². The number of hydrogen-bond acceptors (Lipinski definition) is 2. The molecule has 0 aromatic carbocycles. The van der Waals surface area contributed by atoms with E-state index < -0.39 is 0 Å². The summed E-state index contributed by atoms with van der Waals surface area (Å²) >= 11 is 0. The van der Waals surface area contributed by atoms with Crippen molar-refractivity contribution in [2.75, 3.05) is 28.2 Å². The lowest BCUT2D eigenvalue weighted by Crippen LogP contribution is -2.44. The van der Waals surface area contributed by atoms with Crippen molar-refractivity contribution in [2.24, 2.45) is 5.41 Å². The van der Waals surface area contributed by atoms with Gasteiger partial charge in [-0.3, -0.25) is 0 Å². The molecule has 13 heavy (non-hydrogen) atoms. The Morgan fingerprint density at radius 2 is 1.31 bits per heavy atom. The van der Waals surface area contributed by atoms with Crippen molar-refractivity contribution in [3.05, 3.63) is 0 Å². The molecule has 0 unspecified atom stereocenters. The van der Waals surface area contributed by atoms with Crippen LogP contribution in [0.2, 0.25) is 0 Å². The molecule has 0 fully saturated rings. The molecule has 0 spiro atoms. The van der Waals surface area contributed by atoms with Gasteiger partial charge >= 0.3 is 6.98 Å². The minimum absolute atomic E-state index is 0.0876. The molecule has 0 bridgehead atoms. The lowest BCUT2D eigenvalue weighted by Gasteiger charge is -2.21. The highest BCUT2D eigenvalue weighted by Gasteiger charge is 2.18. The molecule has 0 aromatic rings. The van der Waals surface area contributed by atoms with E-state index in [1.165, 1.54) is 0 Å². The second-order valence-electron chi connectivity index (χ2n) is 4.82. The lowest BCUT2D eigenvalue weighted by molar-refractivity contribution is 0.531. The fourth-order valence-corrected chi connectivity index (χ4v) is 1.00. The Labute approximate surface area is 83.4 Å². The minimum Gasteiger partial charge on any atom is -0.323 e. The second-order valence-corrected chi connectivity index (χ2v) is 4.82. The summed E-state index contributed by atoms with van der Waals surface area (Å²) in [6.07, 6.45) is 0. The first-order chi connectivity index (χ1) is 5.74. The summed E-state index contributed by atoms with van der Waals surface area (Å²) in [5.41, 5.74) is 0.0876. The molecule has 0 aliphatic carbocycles. The maximum Gasteiger partial charge on any atom is 0.399 e. The summed E-state index contributed by atoms with van der Waals surface area (Å²) in [5, 5.41) is 0. The number of hydrogen-bond donors (Lipinski definition) is 0. The topological polar surface area (TPSA) is 6.48 Å². The molecule has 2 nitrogen and oxygen atoms in total. The predicted molar refractivity (Wildman–Crippen MR) is 60.4 cm³/mol. The van der Waals surface area contributed by atoms with E-state index in [9.17, 15) is 0 Å². The highest BCUT2D eigenvalue weighted by Crippen LogP contribution is 2.10. The Morgan fingerprint density at radius 1 is 0.923 bits per heavy atom. The molecule has 0 aliphatic rings. The summed E-state index contributed by atoms with van der Waals surface area (Å²) in [6.45, 7) is 6.59. The monoisotopic (exact) mass is 180 g/mol. The van der Waals surface area contributed by atoms with Crippen LogP contribution in [-0.4, -0.2) is 44.8 Å². The molecule has 0 radical (unpaired) electrons. The zero-order chi connectivity index (χ0) is 10.6. The van der Waals surface area contributed by atoms with Crippen LogP contribution in [0.3, 0.4) is 0 Å². The smallest absolute Gasteiger partial charge is 0.323 e. The maximum atomic E-state index is 3.26. The van der Waals surface area contributed by atoms with Crippen LogP contribution in [0.4, 0.5) is 0 Å². The molecule has 3 heteroatoms. The van der Waals surface area contributed by atoms with Crippen LogP contribution in [0.25, 0.3) is 0 Å². The van der Waals surface area contributed by atoms with Gasteiger partial charge in [-0.25, -0.2) is 0 Å². The molecule has 0 saturated carbocycles. The summed E-state index contributed by atoms with van der Waals surface area (Å²) in [7, 11) is 8.17. The van der Waals surface area contributed by atoms with E-state index in [1.54, 1.807) is 0 Å². The van der Waals surface area contributed by atoms with Gasteiger partial charge < -0.3 is 9.62 Å². The van der Waals surface area contributed by atoms with Gasteiger partial charge in [0.25, 0.3) is 0 Å². The van der Waals surface area contributed by atoms with Crippen molar-refractivity contribution in [3.8, 4) is 11.7 Å². The largest absolute Gasteiger partial charge is 0.399 e. The lowest BCUT2D eigenvalue weighted by atomic mass is 9.73. The number of nitrogens with zero attached hydrogens (tertiary/aromatic N) is 2. The molecule has 0 heterocycles. The van der Waals surface area contributed by atoms with E-state index in [-0.39, 0.29) is 12.4 Å². The van der Waals surface area contributed by atoms with Gasteiger partial charge in [0, 0.05) is 5.41 Å². The van der Waals surface area contributed by atoms with Gasteiger partial charge in [-0.05, 0) is 49.0 Å². The Bertz CT molecular complexity index is 197. The first kappa shape index (κ1) is 12.5. The van der Waals surface area contributed by atoms with Crippen LogP contribution >= 0.6 is 0 Å². The molecular weight excluding hydrogens is 159 g/mol. The van der Waals surface area contributed by atoms with E-state index in [0.717, 1.165) is 0 Å². The number of rotatable bonds is 2. The molecule has 0 aromatic heterocycles. The summed E-state index contributed by atoms with van der Waals surface area (Å²) < 4.78 is 0. The Kier molecular flexibility index (Phi) is 4.53. The van der Waals surface area contributed by atoms with Crippen molar-refractivity contribution in [1.82, 2.24) is 9.62 Å². The molecule has 0 atom stereocenters. The molecular formula is C10H21BN2. The highest BCUT2D eigenvalue weighted by molar-refractivity contribution is 6.61. The van der Waals surface area contributed by atoms with Crippen LogP contribution in [0.15, 0.2) is 0 Å². The fourth-order valence-electron chi connectivity index (χ4n) is 1.00. The first-order valence-corrected chi connectivity index (χ1v) is 4.59. The highest BCUT2D eigenvalue weighted by atomic mass is 15.1. The third-order valence-corrected chi connectivity index (χ3v) is 1.55. The molecule has 0 saturated heterocycles. The summed E-state index contributed by atoms with van der Waals surface area (Å²) in [6, 6.07) is 0. The van der Waals surface area contributed by atoms with Gasteiger partial charge in [-0.15, -0.1) is 11.7 Å². The summed E-state index contributed by atoms with van der Waals surface area (Å²) in [4.78, 5) is 4.22. The van der Waals surface area contributed by atoms with E-state index in [2.05, 4.69) is 42.1 Å². The standard InChI is InChI=1S/C10H21BN2/c1-10(2,3)8-9-11(12(4)5)13(6)7/h1-7H3. The molecule has 74 valence electrons. The Morgan fingerprint density at radius 3 is 1.54 bits per heavy atom. The van der Waals surface area contributed by atoms with Crippen LogP contribution in [0, 0.1) is 17.2 Å². The van der Waals surface area contributed by atoms with E-state index >= 15 is 0 Å². The molecule has 0 amide bonds. The Balaban J connectivity index is 4.49. The van der Waals surface area contributed by atoms with Gasteiger partial charge in [-0.1, -0.05) is 0 Å². The van der Waals surface area contributed by atoms with Crippen LogP contribution in [-0.2, 0) is 0 Å². The molecule has 0 aliphatic heterocycles. The summed E-state index contributed by atoms with van der Waals surface area (Å²) in [5.74, 6) is 6.51. The van der Waals surface area contributed by atoms with E-state index in [1.807, 2.05) is 28.2 Å². The van der Waals surface area contributed by atoms with E-state index in [0.29, 0.717) is 0 Å². The van der Waals surface area contributed by atoms with Crippen molar-refractivity contribution < 1.29 is 0 Å². The van der Waals surface area contributed by atoms with Gasteiger partial charge in [0.15, 0.2) is 0 Å². The zero-order valence-electron chi connectivity index (χ0n) is 9.97. The van der Waals surface area contributed by atoms with Crippen molar-refractivity contribution in [3.63, 3.8) is 0 Å². The van der Waals surface area contributed by atoms with E-state index in [4.69, 9.17) is 0 Å². The predicted octanol–water partition coefficient (Wildman–Crippen LogP) is 1.19. The fraction of sp³-hybridized carbons (Fsp3) is 0.800. The van der Waals surface area contributed by atoms with Crippen molar-refractivity contribution in [1.29, 1.82) is 0 Å². The first-order valence-electron chi connectivity index (χ1n) is 4.59. The van der Waals surface area contributed by atoms with Crippen LogP contribution in [0.5, 0.6) is 0 Å². The normalized spacial score (nSPS) is 11.5. The van der Waals surface area contributed by atoms with Gasteiger partial charge in [0.05, 0.1) is 0 Å². The zero-order valence-corrected chi connectivity index (χ0v) is 9.97. The SMILES string of the molecule is CN(C)B(C#CC(C)(C)C)N(C)C. The average Bonchev–Trinajstić information content (AvgIpc) is 1.82. The third kappa shape index (κ3) is 5.73. The quantitative estimate of drug-likeness (QED) is 0.465. The van der Waals surface area contributed by atoms with Crippen LogP contribution in [0.1, 0.15) is 20.8 Å². The van der Waals surface area contributed by atoms with Gasteiger partial charge in [-0.2, -0.15) is 0 Å². The third-order valence-electron chi connectivity index (χ3n) is 1.55. The minimum atomic E-state index is 0.0876. The van der Waals surface area contributed by atoms with Crippen LogP contribution < -0.4 is 0 Å². The Hall–Kier alpha value is -0.455. The maximum absolute atomic E-state index is 3.26. The average molecular weight is 180 g/mol. The molecule has 0 N–H and O–H groups in total. The van der Waals surface area contributed by atoms with Gasteiger partial charge in [0.2, 0.25) is 0 Å². The second kappa shape index (κ2) is 4.69. The molecule has 0 rings (SSSR count).